The SMILES string of the molecule is Cc1cnc(Nc2ccc(OCCCC(=O)NO)cc2)nc1Nc1cccc(S(=O)(=O)NC(C)(C)C)c1. The number of amides is 1. The molecule has 5 N–H and O–H groups in total. The summed E-state index contributed by atoms with van der Waals surface area (Å²) < 4.78 is 33.7. The summed E-state index contributed by atoms with van der Waals surface area (Å²) in [5, 5.41) is 14.8. The summed E-state index contributed by atoms with van der Waals surface area (Å²) in [6.45, 7) is 7.55. The zero-order chi connectivity index (χ0) is 27.1. The van der Waals surface area contributed by atoms with E-state index in [9.17, 15) is 13.2 Å². The average Bonchev–Trinajstić information content (AvgIpc) is 2.83. The monoisotopic (exact) mass is 528 g/mol. The van der Waals surface area contributed by atoms with Crippen LogP contribution >= 0.6 is 0 Å². The normalized spacial score (nSPS) is 11.6. The second-order valence-electron chi connectivity index (χ2n) is 9.37. The second kappa shape index (κ2) is 12.0. The highest BCUT2D eigenvalue weighted by Crippen LogP contribution is 2.24. The molecule has 12 heteroatoms. The Balaban J connectivity index is 1.66. The number of hydroxylamine groups is 1. The van der Waals surface area contributed by atoms with Crippen molar-refractivity contribution in [3.63, 3.8) is 0 Å². The number of anilines is 4. The first kappa shape index (κ1) is 27.8. The lowest BCUT2D eigenvalue weighted by Gasteiger charge is -2.20. The first-order valence-corrected chi connectivity index (χ1v) is 13.1. The molecule has 3 aromatic rings. The van der Waals surface area contributed by atoms with E-state index in [0.717, 1.165) is 11.3 Å². The molecule has 0 spiro atoms. The number of benzene rings is 2. The number of sulfonamides is 1. The van der Waals surface area contributed by atoms with E-state index in [2.05, 4.69) is 25.3 Å². The molecule has 0 aliphatic rings. The average molecular weight is 529 g/mol. The lowest BCUT2D eigenvalue weighted by molar-refractivity contribution is -0.129. The van der Waals surface area contributed by atoms with Gasteiger partial charge < -0.3 is 15.4 Å². The molecule has 2 aromatic carbocycles. The fourth-order valence-electron chi connectivity index (χ4n) is 3.21. The molecule has 198 valence electrons. The molecule has 1 aromatic heterocycles. The van der Waals surface area contributed by atoms with Crippen molar-refractivity contribution in [1.82, 2.24) is 20.2 Å². The zero-order valence-electron chi connectivity index (χ0n) is 21.2. The molecule has 0 aliphatic heterocycles. The molecule has 1 heterocycles. The van der Waals surface area contributed by atoms with E-state index >= 15 is 0 Å². The molecule has 37 heavy (non-hydrogen) atoms. The zero-order valence-corrected chi connectivity index (χ0v) is 22.0. The van der Waals surface area contributed by atoms with Gasteiger partial charge in [-0.2, -0.15) is 4.98 Å². The van der Waals surface area contributed by atoms with Gasteiger partial charge in [-0.3, -0.25) is 10.0 Å². The van der Waals surface area contributed by atoms with Crippen LogP contribution in [0.5, 0.6) is 5.75 Å². The predicted octanol–water partition coefficient (Wildman–Crippen LogP) is 4.01. The number of rotatable bonds is 11. The Bertz CT molecular complexity index is 1320. The summed E-state index contributed by atoms with van der Waals surface area (Å²) in [6.07, 6.45) is 2.31. The van der Waals surface area contributed by atoms with Crippen LogP contribution in [0.2, 0.25) is 0 Å². The van der Waals surface area contributed by atoms with E-state index in [1.165, 1.54) is 6.07 Å². The second-order valence-corrected chi connectivity index (χ2v) is 11.1. The van der Waals surface area contributed by atoms with Crippen LogP contribution in [-0.2, 0) is 14.8 Å². The van der Waals surface area contributed by atoms with Crippen LogP contribution in [0.1, 0.15) is 39.2 Å². The summed E-state index contributed by atoms with van der Waals surface area (Å²) >= 11 is 0. The number of carbonyl (C=O) groups excluding carboxylic acids is 1. The topological polar surface area (TPSA) is 155 Å². The van der Waals surface area contributed by atoms with Gasteiger partial charge in [0.25, 0.3) is 0 Å². The van der Waals surface area contributed by atoms with Gasteiger partial charge in [0, 0.05) is 35.1 Å². The summed E-state index contributed by atoms with van der Waals surface area (Å²) in [4.78, 5) is 20.0. The summed E-state index contributed by atoms with van der Waals surface area (Å²) in [5.74, 6) is 1.07. The first-order valence-electron chi connectivity index (χ1n) is 11.6. The number of aromatic nitrogens is 2. The van der Waals surface area contributed by atoms with Gasteiger partial charge >= 0.3 is 0 Å². The fraction of sp³-hybridized carbons (Fsp3) is 0.320. The lowest BCUT2D eigenvalue weighted by atomic mass is 10.1. The van der Waals surface area contributed by atoms with E-state index in [1.807, 2.05) is 19.1 Å². The van der Waals surface area contributed by atoms with Gasteiger partial charge in [0.2, 0.25) is 21.9 Å². The molecule has 0 radical (unpaired) electrons. The number of aryl methyl sites for hydroxylation is 1. The van der Waals surface area contributed by atoms with E-state index in [-0.39, 0.29) is 11.3 Å². The van der Waals surface area contributed by atoms with E-state index in [0.29, 0.717) is 36.2 Å². The standard InChI is InChI=1S/C25H32N6O5S/c1-17-16-26-24(28-18-10-12-20(13-11-18)36-14-6-9-22(32)30-33)29-23(17)27-19-7-5-8-21(15-19)37(34,35)31-25(2,3)4/h5,7-8,10-13,15-16,31,33H,6,9,14H2,1-4H3,(H,30,32)(H2,26,27,28,29). The smallest absolute Gasteiger partial charge is 0.243 e. The highest BCUT2D eigenvalue weighted by atomic mass is 32.2. The maximum Gasteiger partial charge on any atom is 0.243 e. The molecular formula is C25H32N6O5S. The third kappa shape index (κ3) is 8.70. The Kier molecular flexibility index (Phi) is 9.03. The number of hydrogen-bond acceptors (Lipinski definition) is 9. The summed E-state index contributed by atoms with van der Waals surface area (Å²) in [5.41, 5.74) is 3.08. The van der Waals surface area contributed by atoms with Crippen LogP contribution in [0.3, 0.4) is 0 Å². The van der Waals surface area contributed by atoms with Gasteiger partial charge in [0.1, 0.15) is 11.6 Å². The Morgan fingerprint density at radius 3 is 2.46 bits per heavy atom. The van der Waals surface area contributed by atoms with Gasteiger partial charge in [-0.1, -0.05) is 6.07 Å². The maximum absolute atomic E-state index is 12.7. The van der Waals surface area contributed by atoms with Crippen molar-refractivity contribution < 1.29 is 23.2 Å². The van der Waals surface area contributed by atoms with Crippen molar-refractivity contribution in [2.75, 3.05) is 17.2 Å². The fourth-order valence-corrected chi connectivity index (χ4v) is 4.67. The Morgan fingerprint density at radius 1 is 1.05 bits per heavy atom. The lowest BCUT2D eigenvalue weighted by Crippen LogP contribution is -2.40. The number of nitrogens with zero attached hydrogens (tertiary/aromatic N) is 2. The van der Waals surface area contributed by atoms with Crippen LogP contribution in [0.25, 0.3) is 0 Å². The number of carbonyl (C=O) groups is 1. The first-order chi connectivity index (χ1) is 17.4. The molecule has 3 rings (SSSR count). The molecule has 0 unspecified atom stereocenters. The van der Waals surface area contributed by atoms with Gasteiger partial charge in [-0.15, -0.1) is 0 Å². The molecule has 11 nitrogen and oxygen atoms in total. The van der Waals surface area contributed by atoms with Crippen LogP contribution in [0, 0.1) is 6.92 Å². The van der Waals surface area contributed by atoms with Crippen molar-refractivity contribution in [2.45, 2.75) is 51.0 Å². The molecular weight excluding hydrogens is 496 g/mol. The maximum atomic E-state index is 12.7. The van der Waals surface area contributed by atoms with Crippen LogP contribution in [0.15, 0.2) is 59.6 Å². The van der Waals surface area contributed by atoms with Crippen molar-refractivity contribution in [2.24, 2.45) is 0 Å². The Morgan fingerprint density at radius 2 is 1.78 bits per heavy atom. The number of hydrogen-bond donors (Lipinski definition) is 5. The minimum atomic E-state index is -3.68. The third-order valence-electron chi connectivity index (χ3n) is 4.87. The highest BCUT2D eigenvalue weighted by molar-refractivity contribution is 7.89. The van der Waals surface area contributed by atoms with Crippen LogP contribution in [0.4, 0.5) is 23.1 Å². The van der Waals surface area contributed by atoms with E-state index < -0.39 is 21.5 Å². The number of nitrogens with one attached hydrogen (secondary N) is 4. The molecule has 0 atom stereocenters. The van der Waals surface area contributed by atoms with E-state index in [1.54, 1.807) is 62.8 Å². The van der Waals surface area contributed by atoms with Gasteiger partial charge in [0.05, 0.1) is 11.5 Å². The Labute approximate surface area is 216 Å². The minimum absolute atomic E-state index is 0.149. The van der Waals surface area contributed by atoms with Crippen LogP contribution < -0.4 is 25.6 Å². The molecule has 0 fully saturated rings. The van der Waals surface area contributed by atoms with Gasteiger partial charge in [0.15, 0.2) is 0 Å². The highest BCUT2D eigenvalue weighted by Gasteiger charge is 2.22. The summed E-state index contributed by atoms with van der Waals surface area (Å²) in [6, 6.07) is 13.7. The largest absolute Gasteiger partial charge is 0.494 e. The van der Waals surface area contributed by atoms with Gasteiger partial charge in [-0.05, 0) is 76.6 Å². The molecule has 0 aliphatic carbocycles. The third-order valence-corrected chi connectivity index (χ3v) is 6.63. The van der Waals surface area contributed by atoms with Crippen LogP contribution in [-0.4, -0.2) is 41.6 Å². The number of ether oxygens (including phenoxy) is 1. The molecule has 1 amide bonds. The Hall–Kier alpha value is -3.74. The van der Waals surface area contributed by atoms with Crippen molar-refractivity contribution >= 4 is 39.1 Å². The van der Waals surface area contributed by atoms with Crippen molar-refractivity contribution in [3.8, 4) is 5.75 Å². The molecule has 0 saturated heterocycles. The molecule has 0 bridgehead atoms. The quantitative estimate of drug-likeness (QED) is 0.141. The molecule has 0 saturated carbocycles. The van der Waals surface area contributed by atoms with Gasteiger partial charge in [-0.25, -0.2) is 23.6 Å². The van der Waals surface area contributed by atoms with Crippen molar-refractivity contribution in [1.29, 1.82) is 0 Å². The summed E-state index contributed by atoms with van der Waals surface area (Å²) in [7, 11) is -3.68. The van der Waals surface area contributed by atoms with Crippen molar-refractivity contribution in [3.05, 3.63) is 60.3 Å². The van der Waals surface area contributed by atoms with E-state index in [4.69, 9.17) is 9.94 Å². The predicted molar refractivity (Wildman–Crippen MR) is 141 cm³/mol. The minimum Gasteiger partial charge on any atom is -0.494 e.